The van der Waals surface area contributed by atoms with Crippen molar-refractivity contribution in [3.05, 3.63) is 100 Å². The van der Waals surface area contributed by atoms with Crippen LogP contribution in [0.5, 0.6) is 0 Å². The number of aliphatic hydroxyl groups is 1. The molecule has 2 N–H and O–H groups in total. The van der Waals surface area contributed by atoms with Crippen molar-refractivity contribution in [1.29, 1.82) is 0 Å². The van der Waals surface area contributed by atoms with E-state index in [0.717, 1.165) is 22.5 Å². The van der Waals surface area contributed by atoms with Crippen LogP contribution in [0.3, 0.4) is 0 Å². The number of carbonyl (C=O) groups excluding carboxylic acids is 5. The second-order valence-corrected chi connectivity index (χ2v) is 17.0. The van der Waals surface area contributed by atoms with Crippen LogP contribution in [-0.4, -0.2) is 156 Å². The predicted molar refractivity (Wildman–Crippen MR) is 272 cm³/mol. The highest BCUT2D eigenvalue weighted by Crippen LogP contribution is 2.43. The zero-order chi connectivity index (χ0) is 50.2. The Morgan fingerprint density at radius 2 is 1.19 bits per heavy atom. The third-order valence-corrected chi connectivity index (χ3v) is 11.3. The lowest BCUT2D eigenvalue weighted by molar-refractivity contribution is -0.143. The zero-order valence-corrected chi connectivity index (χ0v) is 41.3. The molecular formula is C51H66N10O8. The molecule has 5 rings (SSSR count). The number of Topliss-reactive ketones (excluding diaryl/α,β-unsaturated/α-hetero) is 1. The molecule has 0 unspecified atom stereocenters. The lowest BCUT2D eigenvalue weighted by Gasteiger charge is -2.28. The largest absolute Gasteiger partial charge is 0.506 e. The molecule has 2 amide bonds. The van der Waals surface area contributed by atoms with E-state index in [2.05, 4.69) is 30.4 Å². The van der Waals surface area contributed by atoms with Crippen LogP contribution in [0.25, 0.3) is 5.57 Å². The van der Waals surface area contributed by atoms with Gasteiger partial charge >= 0.3 is 11.9 Å². The number of nitrogens with zero attached hydrogens (tertiary/aromatic N) is 9. The van der Waals surface area contributed by atoms with Crippen molar-refractivity contribution in [3.63, 3.8) is 0 Å². The Morgan fingerprint density at radius 1 is 0.696 bits per heavy atom. The molecule has 0 saturated carbocycles. The molecule has 1 aliphatic carbocycles. The van der Waals surface area contributed by atoms with Crippen LogP contribution in [0.1, 0.15) is 69.6 Å². The number of benzene rings is 3. The molecule has 18 nitrogen and oxygen atoms in total. The monoisotopic (exact) mass is 947 g/mol. The Morgan fingerprint density at radius 3 is 1.62 bits per heavy atom. The Kier molecular flexibility index (Phi) is 19.0. The molecule has 69 heavy (non-hydrogen) atoms. The molecule has 0 radical (unpaired) electrons. The first-order valence-electron chi connectivity index (χ1n) is 23.2. The minimum absolute atomic E-state index is 0.0110. The lowest BCUT2D eigenvalue weighted by Crippen LogP contribution is -2.32. The molecule has 0 aromatic heterocycles. The van der Waals surface area contributed by atoms with Gasteiger partial charge in [-0.15, -0.1) is 0 Å². The minimum Gasteiger partial charge on any atom is -0.506 e. The van der Waals surface area contributed by atoms with Crippen molar-refractivity contribution >= 4 is 76.0 Å². The average Bonchev–Trinajstić information content (AvgIpc) is 3.63. The van der Waals surface area contributed by atoms with E-state index in [-0.39, 0.29) is 84.8 Å². The number of hydrogen-bond donors (Lipinski definition) is 2. The summed E-state index contributed by atoms with van der Waals surface area (Å²) in [5, 5.41) is 31.7. The normalized spacial score (nSPS) is 14.6. The van der Waals surface area contributed by atoms with Gasteiger partial charge in [0.15, 0.2) is 0 Å². The highest BCUT2D eigenvalue weighted by Gasteiger charge is 2.43. The van der Waals surface area contributed by atoms with Crippen LogP contribution in [0.2, 0.25) is 0 Å². The van der Waals surface area contributed by atoms with E-state index in [1.165, 1.54) is 11.9 Å². The quantitative estimate of drug-likeness (QED) is 0.0440. The number of likely N-dealkylation sites (N-methyl/N-ethyl adjacent to an activating group) is 1. The maximum atomic E-state index is 13.8. The topological polar surface area (TPSA) is 193 Å². The number of ether oxygens (including phenoxy) is 2. The van der Waals surface area contributed by atoms with Gasteiger partial charge < -0.3 is 44.6 Å². The van der Waals surface area contributed by atoms with Crippen molar-refractivity contribution in [3.8, 4) is 0 Å². The third kappa shape index (κ3) is 14.5. The summed E-state index contributed by atoms with van der Waals surface area (Å²) in [6.07, 6.45) is 5.46. The minimum atomic E-state index is -0.547. The lowest BCUT2D eigenvalue weighted by atomic mass is 9.79. The van der Waals surface area contributed by atoms with Gasteiger partial charge in [-0.25, -0.2) is 5.01 Å². The smallest absolute Gasteiger partial charge is 0.305 e. The maximum absolute atomic E-state index is 13.8. The molecule has 0 spiro atoms. The maximum Gasteiger partial charge on any atom is 0.305 e. The number of aliphatic hydroxyl groups excluding tert-OH is 1. The number of esters is 2. The van der Waals surface area contributed by atoms with Gasteiger partial charge in [0.25, 0.3) is 5.91 Å². The summed E-state index contributed by atoms with van der Waals surface area (Å²) in [4.78, 5) is 71.4. The summed E-state index contributed by atoms with van der Waals surface area (Å²) >= 11 is 0. The molecule has 368 valence electrons. The molecule has 3 aromatic carbocycles. The van der Waals surface area contributed by atoms with Gasteiger partial charge in [0, 0.05) is 104 Å². The first-order valence-corrected chi connectivity index (χ1v) is 23.2. The fourth-order valence-corrected chi connectivity index (χ4v) is 7.56. The molecule has 18 heteroatoms. The number of amides is 2. The molecule has 0 saturated heterocycles. The van der Waals surface area contributed by atoms with E-state index in [0.29, 0.717) is 50.3 Å². The number of carbonyl (C=O) groups is 5. The molecule has 1 heterocycles. The van der Waals surface area contributed by atoms with Crippen molar-refractivity contribution in [2.75, 3.05) is 108 Å². The van der Waals surface area contributed by atoms with Crippen LogP contribution < -0.4 is 20.0 Å². The van der Waals surface area contributed by atoms with Gasteiger partial charge in [0.2, 0.25) is 11.7 Å². The highest BCUT2D eigenvalue weighted by atomic mass is 16.5. The molecule has 0 bridgehead atoms. The van der Waals surface area contributed by atoms with Crippen molar-refractivity contribution in [1.82, 2.24) is 15.0 Å². The Balaban J connectivity index is 1.25. The number of hydrogen-bond acceptors (Lipinski definition) is 16. The van der Waals surface area contributed by atoms with Crippen LogP contribution >= 0.6 is 0 Å². The standard InChI is InChI=1S/C51H66N10O8/c1-10-42-47(51(67)61(11-2)55-42)48-49(65)46(50(48)66)41-25-24-40(32-43(41)54-35(3)62)60(28-30-68-44(63)14-12-26-58(8)38-20-16-36(17-21-38)33-52-56(4)5)29-31-69-45(64)15-13-27-59(9)39-22-18-37(19-23-39)34-53-57(6)7/h16-25,32-34,65H,10-15,26-31H2,1-9H3,(H,54,62)/b48-47?,52-33+,53-34+. The molecular weight excluding hydrogens is 881 g/mol. The van der Waals surface area contributed by atoms with Crippen LogP contribution in [0.4, 0.5) is 22.7 Å². The Labute approximate surface area is 405 Å². The fraction of sp³-hybridized carbons (Fsp3) is 0.412. The number of anilines is 4. The molecule has 0 atom stereocenters. The van der Waals surface area contributed by atoms with Gasteiger partial charge in [-0.2, -0.15) is 15.3 Å². The second kappa shape index (κ2) is 25.0. The first kappa shape index (κ1) is 52.5. The van der Waals surface area contributed by atoms with Crippen molar-refractivity contribution in [2.24, 2.45) is 15.3 Å². The summed E-state index contributed by atoms with van der Waals surface area (Å²) in [6.45, 7) is 6.89. The summed E-state index contributed by atoms with van der Waals surface area (Å²) < 4.78 is 11.4. The Hall–Kier alpha value is -7.50. The van der Waals surface area contributed by atoms with Crippen LogP contribution in [-0.2, 0) is 33.4 Å². The first-order chi connectivity index (χ1) is 33.0. The third-order valence-electron chi connectivity index (χ3n) is 11.3. The van der Waals surface area contributed by atoms with Gasteiger partial charge in [-0.1, -0.05) is 31.2 Å². The van der Waals surface area contributed by atoms with E-state index >= 15 is 0 Å². The molecule has 3 aromatic rings. The summed E-state index contributed by atoms with van der Waals surface area (Å²) in [7, 11) is 11.4. The van der Waals surface area contributed by atoms with Crippen molar-refractivity contribution in [2.45, 2.75) is 52.9 Å². The Bertz CT molecular complexity index is 2390. The second-order valence-electron chi connectivity index (χ2n) is 17.0. The summed E-state index contributed by atoms with van der Waals surface area (Å²) in [5.74, 6) is -2.52. The highest BCUT2D eigenvalue weighted by molar-refractivity contribution is 6.44. The number of hydrazone groups is 3. The number of rotatable bonds is 25. The van der Waals surface area contributed by atoms with E-state index in [1.807, 2.05) is 103 Å². The van der Waals surface area contributed by atoms with Gasteiger partial charge in [0.05, 0.1) is 53.6 Å². The van der Waals surface area contributed by atoms with E-state index in [4.69, 9.17) is 9.47 Å². The number of allylic oxidation sites excluding steroid dienone is 2. The molecule has 0 fully saturated rings. The van der Waals surface area contributed by atoms with Gasteiger partial charge in [-0.05, 0) is 79.8 Å². The van der Waals surface area contributed by atoms with E-state index in [1.54, 1.807) is 47.6 Å². The van der Waals surface area contributed by atoms with E-state index < -0.39 is 17.6 Å². The summed E-state index contributed by atoms with van der Waals surface area (Å²) in [6, 6.07) is 20.9. The SMILES string of the molecule is CCC1=NN(CC)C(=O)C1=C1C(=O)C(c2ccc(N(CCOC(=O)CCCN(C)c3ccc(/C=N/N(C)C)cc3)CCOC(=O)CCCN(C)c3ccc(/C=N/N(C)C)cc3)cc2NC(C)=O)=C1O. The molecule has 2 aliphatic rings. The van der Waals surface area contributed by atoms with Crippen LogP contribution in [0, 0.1) is 0 Å². The van der Waals surface area contributed by atoms with Gasteiger partial charge in [0.1, 0.15) is 19.0 Å². The zero-order valence-electron chi connectivity index (χ0n) is 41.3. The fourth-order valence-electron chi connectivity index (χ4n) is 7.56. The van der Waals surface area contributed by atoms with Crippen molar-refractivity contribution < 1.29 is 38.6 Å². The average molecular weight is 947 g/mol. The van der Waals surface area contributed by atoms with Gasteiger partial charge in [-0.3, -0.25) is 24.0 Å². The number of ketones is 1. The number of nitrogens with one attached hydrogen (secondary N) is 1. The predicted octanol–water partition coefficient (Wildman–Crippen LogP) is 5.94. The molecule has 1 aliphatic heterocycles. The van der Waals surface area contributed by atoms with Crippen LogP contribution in [0.15, 0.2) is 98.9 Å². The van der Waals surface area contributed by atoms with E-state index in [9.17, 15) is 29.1 Å². The summed E-state index contributed by atoms with van der Waals surface area (Å²) in [5.41, 5.74) is 5.34.